The smallest absolute Gasteiger partial charge is 0.227 e. The molecule has 1 heterocycles. The van der Waals surface area contributed by atoms with Crippen LogP contribution in [-0.4, -0.2) is 16.3 Å². The summed E-state index contributed by atoms with van der Waals surface area (Å²) in [6.07, 6.45) is 1.57. The van der Waals surface area contributed by atoms with E-state index in [2.05, 4.69) is 51.9 Å². The lowest BCUT2D eigenvalue weighted by atomic mass is 10.1. The summed E-state index contributed by atoms with van der Waals surface area (Å²) in [6, 6.07) is 15.0. The third-order valence-electron chi connectivity index (χ3n) is 4.54. The number of phenolic OH excluding ortho intramolecular Hbond substituents is 1. The molecule has 6 heteroatoms. The van der Waals surface area contributed by atoms with E-state index in [0.717, 1.165) is 15.6 Å². The Morgan fingerprint density at radius 3 is 2.68 bits per heavy atom. The van der Waals surface area contributed by atoms with Crippen LogP contribution in [0.25, 0.3) is 22.6 Å². The second-order valence-corrected chi connectivity index (χ2v) is 7.88. The average molecular weight is 456 g/mol. The third-order valence-corrected chi connectivity index (χ3v) is 5.28. The molecule has 0 aliphatic rings. The fourth-order valence-corrected chi connectivity index (χ4v) is 3.66. The number of phenols is 1. The monoisotopic (exact) mass is 454 g/mol. The van der Waals surface area contributed by atoms with Gasteiger partial charge in [-0.05, 0) is 67.4 Å². The summed E-state index contributed by atoms with van der Waals surface area (Å²) in [5.74, 6) is 0.573. The van der Waals surface area contributed by atoms with Crippen molar-refractivity contribution < 1.29 is 9.52 Å². The van der Waals surface area contributed by atoms with Crippen molar-refractivity contribution in [3.05, 3.63) is 74.7 Å². The van der Waals surface area contributed by atoms with Crippen LogP contribution >= 0.6 is 27.5 Å². The summed E-state index contributed by atoms with van der Waals surface area (Å²) in [5, 5.41) is 10.3. The summed E-state index contributed by atoms with van der Waals surface area (Å²) in [4.78, 5) is 9.03. The van der Waals surface area contributed by atoms with Gasteiger partial charge in [-0.1, -0.05) is 33.6 Å². The summed E-state index contributed by atoms with van der Waals surface area (Å²) >= 11 is 9.36. The van der Waals surface area contributed by atoms with Crippen LogP contribution in [0.15, 0.2) is 62.4 Å². The number of nitrogens with zero attached hydrogens (tertiary/aromatic N) is 2. The van der Waals surface area contributed by atoms with E-state index in [1.807, 2.05) is 24.3 Å². The molecule has 0 radical (unpaired) electrons. The van der Waals surface area contributed by atoms with Gasteiger partial charge in [-0.2, -0.15) is 0 Å². The van der Waals surface area contributed by atoms with E-state index < -0.39 is 0 Å². The molecule has 1 N–H and O–H groups in total. The highest BCUT2D eigenvalue weighted by Gasteiger charge is 2.10. The first-order chi connectivity index (χ1) is 13.4. The van der Waals surface area contributed by atoms with Crippen molar-refractivity contribution in [3.8, 4) is 17.2 Å². The van der Waals surface area contributed by atoms with Gasteiger partial charge in [-0.25, -0.2) is 4.98 Å². The van der Waals surface area contributed by atoms with Crippen LogP contribution in [0.2, 0.25) is 5.02 Å². The molecule has 0 unspecified atom stereocenters. The maximum atomic E-state index is 10.1. The quantitative estimate of drug-likeness (QED) is 0.339. The molecule has 0 spiro atoms. The van der Waals surface area contributed by atoms with Gasteiger partial charge in [0.05, 0.1) is 10.7 Å². The van der Waals surface area contributed by atoms with Crippen LogP contribution in [0.5, 0.6) is 5.75 Å². The molecule has 3 aromatic carbocycles. The normalized spacial score (nSPS) is 11.6. The van der Waals surface area contributed by atoms with Gasteiger partial charge in [0.1, 0.15) is 11.3 Å². The van der Waals surface area contributed by atoms with Gasteiger partial charge < -0.3 is 9.52 Å². The third kappa shape index (κ3) is 3.68. The molecule has 4 aromatic rings. The molecule has 28 heavy (non-hydrogen) atoms. The first kappa shape index (κ1) is 18.7. The van der Waals surface area contributed by atoms with E-state index in [1.165, 1.54) is 11.1 Å². The number of fused-ring (bicyclic) bond motifs is 1. The maximum absolute atomic E-state index is 10.1. The Labute approximate surface area is 175 Å². The number of halogens is 2. The van der Waals surface area contributed by atoms with Crippen molar-refractivity contribution in [1.29, 1.82) is 0 Å². The summed E-state index contributed by atoms with van der Waals surface area (Å²) in [6.45, 7) is 4.14. The van der Waals surface area contributed by atoms with E-state index in [1.54, 1.807) is 18.3 Å². The van der Waals surface area contributed by atoms with Crippen molar-refractivity contribution in [2.24, 2.45) is 4.99 Å². The Morgan fingerprint density at radius 2 is 1.89 bits per heavy atom. The molecular weight excluding hydrogens is 440 g/mol. The first-order valence-corrected chi connectivity index (χ1v) is 9.78. The van der Waals surface area contributed by atoms with E-state index in [0.29, 0.717) is 22.7 Å². The zero-order valence-corrected chi connectivity index (χ0v) is 17.5. The highest BCUT2D eigenvalue weighted by molar-refractivity contribution is 9.10. The number of hydrogen-bond acceptors (Lipinski definition) is 4. The van der Waals surface area contributed by atoms with Crippen LogP contribution in [0.1, 0.15) is 16.7 Å². The topological polar surface area (TPSA) is 58.6 Å². The van der Waals surface area contributed by atoms with Crippen molar-refractivity contribution in [2.45, 2.75) is 13.8 Å². The van der Waals surface area contributed by atoms with Crippen LogP contribution in [0, 0.1) is 13.8 Å². The molecule has 140 valence electrons. The molecule has 0 saturated heterocycles. The van der Waals surface area contributed by atoms with Crippen molar-refractivity contribution in [3.63, 3.8) is 0 Å². The second kappa shape index (κ2) is 7.41. The highest BCUT2D eigenvalue weighted by Crippen LogP contribution is 2.31. The molecule has 4 rings (SSSR count). The molecule has 0 amide bonds. The molecular formula is C22H16BrClN2O2. The van der Waals surface area contributed by atoms with Crippen LogP contribution in [0.3, 0.4) is 0 Å². The highest BCUT2D eigenvalue weighted by atomic mass is 79.9. The predicted molar refractivity (Wildman–Crippen MR) is 117 cm³/mol. The number of hydrogen-bond donors (Lipinski definition) is 1. The lowest BCUT2D eigenvalue weighted by Crippen LogP contribution is -1.84. The van der Waals surface area contributed by atoms with E-state index in [4.69, 9.17) is 16.0 Å². The molecule has 0 fully saturated rings. The Kier molecular flexibility index (Phi) is 4.96. The first-order valence-electron chi connectivity index (χ1n) is 8.61. The Morgan fingerprint density at radius 1 is 1.07 bits per heavy atom. The maximum Gasteiger partial charge on any atom is 0.227 e. The SMILES string of the molecule is Cc1ccc(-c2nc3cc(N=Cc4cc(Br)cc(Cl)c4O)ccc3o2)cc1C. The standard InChI is InChI=1S/C22H16BrClN2O2/c1-12-3-4-14(7-13(12)2)22-26-19-10-17(5-6-20(19)28-22)25-11-15-8-16(23)9-18(24)21(15)27/h3-11,27H,1-2H3. The molecule has 0 aliphatic heterocycles. The van der Waals surface area contributed by atoms with Crippen molar-refractivity contribution in [2.75, 3.05) is 0 Å². The van der Waals surface area contributed by atoms with Crippen molar-refractivity contribution in [1.82, 2.24) is 4.98 Å². The molecule has 0 aliphatic carbocycles. The Bertz CT molecular complexity index is 1230. The summed E-state index contributed by atoms with van der Waals surface area (Å²) in [7, 11) is 0. The van der Waals surface area contributed by atoms with Gasteiger partial charge in [0.25, 0.3) is 0 Å². The number of rotatable bonds is 3. The van der Waals surface area contributed by atoms with Crippen LogP contribution < -0.4 is 0 Å². The van der Waals surface area contributed by atoms with E-state index >= 15 is 0 Å². The van der Waals surface area contributed by atoms with Crippen LogP contribution in [0.4, 0.5) is 5.69 Å². The van der Waals surface area contributed by atoms with E-state index in [-0.39, 0.29) is 10.8 Å². The van der Waals surface area contributed by atoms with Gasteiger partial charge in [0.2, 0.25) is 5.89 Å². The number of aromatic nitrogens is 1. The second-order valence-electron chi connectivity index (χ2n) is 6.55. The largest absolute Gasteiger partial charge is 0.506 e. The average Bonchev–Trinajstić information content (AvgIpc) is 3.09. The Hall–Kier alpha value is -2.63. The minimum absolute atomic E-state index is 0.00634. The number of aromatic hydroxyl groups is 1. The lowest BCUT2D eigenvalue weighted by Gasteiger charge is -2.02. The molecule has 1 aromatic heterocycles. The number of aryl methyl sites for hydroxylation is 2. The number of benzene rings is 3. The summed E-state index contributed by atoms with van der Waals surface area (Å²) in [5.41, 5.74) is 6.00. The Balaban J connectivity index is 1.68. The summed E-state index contributed by atoms with van der Waals surface area (Å²) < 4.78 is 6.66. The zero-order chi connectivity index (χ0) is 19.8. The number of aliphatic imine (C=N–C) groups is 1. The molecule has 0 bridgehead atoms. The minimum atomic E-state index is -0.00634. The minimum Gasteiger partial charge on any atom is -0.506 e. The van der Waals surface area contributed by atoms with Gasteiger partial charge >= 0.3 is 0 Å². The zero-order valence-electron chi connectivity index (χ0n) is 15.2. The van der Waals surface area contributed by atoms with E-state index in [9.17, 15) is 5.11 Å². The lowest BCUT2D eigenvalue weighted by molar-refractivity contribution is 0.474. The number of oxazole rings is 1. The van der Waals surface area contributed by atoms with Gasteiger partial charge in [0, 0.05) is 21.8 Å². The molecule has 0 atom stereocenters. The predicted octanol–water partition coefficient (Wildman–Crippen LogP) is 6.98. The van der Waals surface area contributed by atoms with Crippen molar-refractivity contribution >= 4 is 50.5 Å². The fraction of sp³-hybridized carbons (Fsp3) is 0.0909. The van der Waals surface area contributed by atoms with Gasteiger partial charge in [0.15, 0.2) is 5.58 Å². The van der Waals surface area contributed by atoms with Gasteiger partial charge in [-0.15, -0.1) is 0 Å². The van der Waals surface area contributed by atoms with Gasteiger partial charge in [-0.3, -0.25) is 4.99 Å². The molecule has 4 nitrogen and oxygen atoms in total. The van der Waals surface area contributed by atoms with Crippen LogP contribution in [-0.2, 0) is 0 Å². The molecule has 0 saturated carbocycles. The fourth-order valence-electron chi connectivity index (χ4n) is 2.82.